The number of carbonyl (C=O) groups is 2. The lowest BCUT2D eigenvalue weighted by Gasteiger charge is -2.41. The summed E-state index contributed by atoms with van der Waals surface area (Å²) in [7, 11) is 0. The SMILES string of the molecule is CC1(C)C(=O)NCCN1c1nc2sccn2c1C(=O)O. The summed E-state index contributed by atoms with van der Waals surface area (Å²) in [5, 5.41) is 14.0. The number of piperazine rings is 1. The fraction of sp³-hybridized carbons (Fsp3) is 0.417. The van der Waals surface area contributed by atoms with Crippen molar-refractivity contribution in [2.24, 2.45) is 0 Å². The highest BCUT2D eigenvalue weighted by molar-refractivity contribution is 7.15. The van der Waals surface area contributed by atoms with Crippen LogP contribution in [0.3, 0.4) is 0 Å². The number of carboxylic acids is 1. The molecule has 3 rings (SSSR count). The monoisotopic (exact) mass is 294 g/mol. The predicted octanol–water partition coefficient (Wildman–Crippen LogP) is 0.809. The molecule has 0 spiro atoms. The summed E-state index contributed by atoms with van der Waals surface area (Å²) in [6, 6.07) is 0. The van der Waals surface area contributed by atoms with E-state index in [1.807, 2.05) is 0 Å². The smallest absolute Gasteiger partial charge is 0.356 e. The number of carbonyl (C=O) groups excluding carboxylic acids is 1. The highest BCUT2D eigenvalue weighted by atomic mass is 32.1. The van der Waals surface area contributed by atoms with Gasteiger partial charge < -0.3 is 15.3 Å². The van der Waals surface area contributed by atoms with Gasteiger partial charge in [0.1, 0.15) is 5.54 Å². The third-order valence-corrected chi connectivity index (χ3v) is 4.31. The van der Waals surface area contributed by atoms with Gasteiger partial charge in [0.25, 0.3) is 0 Å². The third-order valence-electron chi connectivity index (χ3n) is 3.55. The molecule has 1 aliphatic heterocycles. The summed E-state index contributed by atoms with van der Waals surface area (Å²) in [4.78, 5) is 30.3. The lowest BCUT2D eigenvalue weighted by Crippen LogP contribution is -2.62. The highest BCUT2D eigenvalue weighted by Gasteiger charge is 2.41. The van der Waals surface area contributed by atoms with Crippen molar-refractivity contribution in [3.63, 3.8) is 0 Å². The number of aromatic carboxylic acids is 1. The molecule has 3 heterocycles. The number of nitrogens with zero attached hydrogens (tertiary/aromatic N) is 3. The second-order valence-corrected chi connectivity index (χ2v) is 5.98. The van der Waals surface area contributed by atoms with Crippen LogP contribution < -0.4 is 10.2 Å². The zero-order chi connectivity index (χ0) is 14.5. The molecule has 7 nitrogen and oxygen atoms in total. The number of hydrogen-bond acceptors (Lipinski definition) is 5. The first kappa shape index (κ1) is 12.9. The molecule has 106 valence electrons. The van der Waals surface area contributed by atoms with Gasteiger partial charge in [0, 0.05) is 24.7 Å². The Bertz CT molecular complexity index is 703. The second kappa shape index (κ2) is 4.20. The Morgan fingerprint density at radius 1 is 1.55 bits per heavy atom. The van der Waals surface area contributed by atoms with Crippen LogP contribution in [0.2, 0.25) is 0 Å². The Balaban J connectivity index is 2.18. The molecule has 2 N–H and O–H groups in total. The number of anilines is 1. The van der Waals surface area contributed by atoms with Gasteiger partial charge >= 0.3 is 5.97 Å². The molecule has 0 saturated carbocycles. The van der Waals surface area contributed by atoms with Gasteiger partial charge in [-0.25, -0.2) is 9.78 Å². The minimum atomic E-state index is -1.05. The van der Waals surface area contributed by atoms with Gasteiger partial charge in [-0.15, -0.1) is 11.3 Å². The number of aromatic nitrogens is 2. The van der Waals surface area contributed by atoms with Crippen molar-refractivity contribution in [2.45, 2.75) is 19.4 Å². The van der Waals surface area contributed by atoms with E-state index in [9.17, 15) is 14.7 Å². The molecular weight excluding hydrogens is 280 g/mol. The van der Waals surface area contributed by atoms with E-state index < -0.39 is 11.5 Å². The van der Waals surface area contributed by atoms with E-state index in [-0.39, 0.29) is 11.6 Å². The van der Waals surface area contributed by atoms with Crippen LogP contribution in [0.15, 0.2) is 11.6 Å². The number of imidazole rings is 1. The fourth-order valence-electron chi connectivity index (χ4n) is 2.43. The lowest BCUT2D eigenvalue weighted by atomic mass is 9.99. The van der Waals surface area contributed by atoms with Crippen molar-refractivity contribution < 1.29 is 14.7 Å². The number of hydrogen-bond donors (Lipinski definition) is 2. The van der Waals surface area contributed by atoms with Crippen molar-refractivity contribution >= 4 is 34.0 Å². The van der Waals surface area contributed by atoms with E-state index in [0.717, 1.165) is 0 Å². The highest BCUT2D eigenvalue weighted by Crippen LogP contribution is 2.30. The summed E-state index contributed by atoms with van der Waals surface area (Å²) >= 11 is 1.37. The van der Waals surface area contributed by atoms with Gasteiger partial charge in [0.05, 0.1) is 0 Å². The average Bonchev–Trinajstić information content (AvgIpc) is 2.91. The molecule has 0 atom stereocenters. The predicted molar refractivity (Wildman–Crippen MR) is 74.5 cm³/mol. The van der Waals surface area contributed by atoms with Crippen LogP contribution in [0.5, 0.6) is 0 Å². The van der Waals surface area contributed by atoms with Crippen molar-refractivity contribution in [3.05, 3.63) is 17.3 Å². The maximum atomic E-state index is 12.0. The summed E-state index contributed by atoms with van der Waals surface area (Å²) in [6.45, 7) is 4.54. The molecule has 0 radical (unpaired) electrons. The van der Waals surface area contributed by atoms with Gasteiger partial charge in [-0.2, -0.15) is 0 Å². The number of nitrogens with one attached hydrogen (secondary N) is 1. The molecule has 20 heavy (non-hydrogen) atoms. The zero-order valence-electron chi connectivity index (χ0n) is 11.1. The first-order valence-electron chi connectivity index (χ1n) is 6.17. The van der Waals surface area contributed by atoms with Gasteiger partial charge in [0.2, 0.25) is 5.91 Å². The fourth-order valence-corrected chi connectivity index (χ4v) is 3.14. The van der Waals surface area contributed by atoms with Crippen LogP contribution in [-0.4, -0.2) is 45.0 Å². The van der Waals surface area contributed by atoms with Gasteiger partial charge in [-0.1, -0.05) is 0 Å². The first-order chi connectivity index (χ1) is 9.43. The van der Waals surface area contributed by atoms with Crippen LogP contribution in [0.4, 0.5) is 5.82 Å². The van der Waals surface area contributed by atoms with Crippen LogP contribution in [0.25, 0.3) is 4.96 Å². The normalized spacial score (nSPS) is 18.3. The Hall–Kier alpha value is -2.09. The molecule has 1 amide bonds. The lowest BCUT2D eigenvalue weighted by molar-refractivity contribution is -0.126. The molecule has 0 unspecified atom stereocenters. The van der Waals surface area contributed by atoms with Crippen LogP contribution in [-0.2, 0) is 4.79 Å². The van der Waals surface area contributed by atoms with Crippen molar-refractivity contribution in [1.29, 1.82) is 0 Å². The number of rotatable bonds is 2. The van der Waals surface area contributed by atoms with Crippen LogP contribution >= 0.6 is 11.3 Å². The Labute approximate surface area is 118 Å². The van der Waals surface area contributed by atoms with Gasteiger partial charge in [-0.3, -0.25) is 9.20 Å². The number of carboxylic acid groups (broad SMARTS) is 1. The minimum absolute atomic E-state index is 0.101. The van der Waals surface area contributed by atoms with Crippen LogP contribution in [0, 0.1) is 0 Å². The maximum absolute atomic E-state index is 12.0. The minimum Gasteiger partial charge on any atom is -0.476 e. The standard InChI is InChI=1S/C12H14N4O3S/c1-12(2)10(19)13-3-4-16(12)8-7(9(17)18)15-5-6-20-11(15)14-8/h5-6H,3-4H2,1-2H3,(H,13,19)(H,17,18). The molecule has 0 bridgehead atoms. The average molecular weight is 294 g/mol. The number of thiazole rings is 1. The van der Waals surface area contributed by atoms with Crippen LogP contribution in [0.1, 0.15) is 24.3 Å². The molecule has 2 aromatic rings. The van der Waals surface area contributed by atoms with Crippen molar-refractivity contribution in [1.82, 2.24) is 14.7 Å². The molecule has 1 fully saturated rings. The largest absolute Gasteiger partial charge is 0.476 e. The molecule has 1 aliphatic rings. The number of fused-ring (bicyclic) bond motifs is 1. The molecule has 8 heteroatoms. The summed E-state index contributed by atoms with van der Waals surface area (Å²) in [5.41, 5.74) is -0.726. The van der Waals surface area contributed by atoms with Gasteiger partial charge in [-0.05, 0) is 13.8 Å². The van der Waals surface area contributed by atoms with Gasteiger partial charge in [0.15, 0.2) is 16.5 Å². The quantitative estimate of drug-likeness (QED) is 0.856. The van der Waals surface area contributed by atoms with E-state index in [0.29, 0.717) is 23.9 Å². The zero-order valence-corrected chi connectivity index (χ0v) is 11.9. The molecule has 0 aliphatic carbocycles. The first-order valence-corrected chi connectivity index (χ1v) is 7.05. The summed E-state index contributed by atoms with van der Waals surface area (Å²) < 4.78 is 1.55. The topological polar surface area (TPSA) is 86.9 Å². The van der Waals surface area contributed by atoms with E-state index in [1.54, 1.807) is 34.7 Å². The maximum Gasteiger partial charge on any atom is 0.356 e. The Morgan fingerprint density at radius 3 is 3.00 bits per heavy atom. The van der Waals surface area contributed by atoms with Crippen molar-refractivity contribution in [2.75, 3.05) is 18.0 Å². The second-order valence-electron chi connectivity index (χ2n) is 5.11. The summed E-state index contributed by atoms with van der Waals surface area (Å²) in [5.74, 6) is -0.826. The van der Waals surface area contributed by atoms with E-state index in [4.69, 9.17) is 0 Å². The summed E-state index contributed by atoms with van der Waals surface area (Å²) in [6.07, 6.45) is 1.68. The van der Waals surface area contributed by atoms with E-state index in [2.05, 4.69) is 10.3 Å². The Kier molecular flexibility index (Phi) is 2.72. The van der Waals surface area contributed by atoms with Crippen molar-refractivity contribution in [3.8, 4) is 0 Å². The van der Waals surface area contributed by atoms with E-state index in [1.165, 1.54) is 11.3 Å². The molecule has 0 aromatic carbocycles. The Morgan fingerprint density at radius 2 is 2.30 bits per heavy atom. The molecule has 2 aromatic heterocycles. The molecular formula is C12H14N4O3S. The van der Waals surface area contributed by atoms with E-state index >= 15 is 0 Å². The number of amides is 1. The molecule has 1 saturated heterocycles. The third kappa shape index (κ3) is 1.68.